The highest BCUT2D eigenvalue weighted by Crippen LogP contribution is 2.65. The third kappa shape index (κ3) is 10.4. The van der Waals surface area contributed by atoms with Gasteiger partial charge in [0.15, 0.2) is 0 Å². The summed E-state index contributed by atoms with van der Waals surface area (Å²) in [5.74, 6) is 8.47. The zero-order chi connectivity index (χ0) is 76.0. The monoisotopic (exact) mass is 1460 g/mol. The molecule has 572 valence electrons. The van der Waals surface area contributed by atoms with Crippen LogP contribution in [0.3, 0.4) is 0 Å². The normalized spacial score (nSPS) is 32.1. The van der Waals surface area contributed by atoms with E-state index >= 15 is 0 Å². The lowest BCUT2D eigenvalue weighted by atomic mass is 9.49. The second kappa shape index (κ2) is 25.9. The van der Waals surface area contributed by atoms with Crippen LogP contribution in [0.15, 0.2) is 200 Å². The van der Waals surface area contributed by atoms with E-state index < -0.39 is 0 Å². The van der Waals surface area contributed by atoms with Gasteiger partial charge in [-0.05, 0) is 258 Å². The minimum atomic E-state index is 0.0485. The number of hydrogen-bond acceptors (Lipinski definition) is 6. The van der Waals surface area contributed by atoms with Crippen molar-refractivity contribution in [3.05, 3.63) is 223 Å². The number of para-hydroxylation sites is 6. The highest BCUT2D eigenvalue weighted by atomic mass is 15.5. The molecule has 17 aliphatic rings. The van der Waals surface area contributed by atoms with E-state index in [1.807, 2.05) is 0 Å². The van der Waals surface area contributed by atoms with Gasteiger partial charge in [-0.25, -0.2) is 0 Å². The predicted octanol–water partition coefficient (Wildman–Crippen LogP) is 22.7. The second-order valence-corrected chi connectivity index (χ2v) is 37.7. The molecule has 0 radical (unpaired) electrons. The Morgan fingerprint density at radius 3 is 1.38 bits per heavy atom. The van der Waals surface area contributed by atoms with Gasteiger partial charge < -0.3 is 47.3 Å². The van der Waals surface area contributed by atoms with E-state index in [4.69, 9.17) is 0 Å². The van der Waals surface area contributed by atoms with Crippen molar-refractivity contribution in [3.63, 3.8) is 0 Å². The predicted molar refractivity (Wildman–Crippen MR) is 463 cm³/mol. The summed E-state index contributed by atoms with van der Waals surface area (Å²) in [5, 5.41) is 6.78. The lowest BCUT2D eigenvalue weighted by Crippen LogP contribution is -2.71. The van der Waals surface area contributed by atoms with Gasteiger partial charge in [-0.15, -0.1) is 0 Å². The number of rotatable bonds is 5. The topological polar surface area (TPSA) is 44.1 Å². The van der Waals surface area contributed by atoms with Crippen molar-refractivity contribution >= 4 is 83.5 Å². The number of nitrogens with zero attached hydrogens (tertiary/aromatic N) is 11. The molecule has 17 heterocycles. The third-order valence-corrected chi connectivity index (χ3v) is 32.7. The molecule has 11 heteroatoms. The second-order valence-electron chi connectivity index (χ2n) is 37.7. The van der Waals surface area contributed by atoms with Crippen LogP contribution in [0.5, 0.6) is 0 Å². The summed E-state index contributed by atoms with van der Waals surface area (Å²) in [4.78, 5) is 16.1. The summed E-state index contributed by atoms with van der Waals surface area (Å²) in [6, 6.07) is 76.7. The van der Waals surface area contributed by atoms with Crippen molar-refractivity contribution in [3.8, 4) is 0 Å². The molecular formula is C99H121N11. The molecule has 9 saturated heterocycles. The Morgan fingerprint density at radius 1 is 0.391 bits per heavy atom. The Labute approximate surface area is 655 Å². The molecule has 29 rings (SSSR count). The minimum Gasteiger partial charge on any atom is -0.351 e. The molecule has 14 atom stereocenters. The van der Waals surface area contributed by atoms with Gasteiger partial charge in [-0.3, -0.25) is 4.90 Å². The molecule has 10 bridgehead atoms. The first-order valence-electron chi connectivity index (χ1n) is 42.5. The number of fused-ring (bicyclic) bond motifs is 14. The average molecular weight is 1470 g/mol. The average Bonchev–Trinajstić information content (AvgIpc) is 1.06. The number of benzene rings is 7. The first kappa shape index (κ1) is 71.5. The fourth-order valence-corrected chi connectivity index (χ4v) is 26.1. The summed E-state index contributed by atoms with van der Waals surface area (Å²) in [6.07, 6.45) is 18.1. The minimum absolute atomic E-state index is 0.0485. The summed E-state index contributed by atoms with van der Waals surface area (Å²) >= 11 is 0. The Morgan fingerprint density at radius 2 is 0.864 bits per heavy atom. The van der Waals surface area contributed by atoms with E-state index in [1.54, 1.807) is 11.1 Å². The number of anilines is 5. The van der Waals surface area contributed by atoms with Gasteiger partial charge >= 0.3 is 0 Å². The molecule has 0 amide bonds. The lowest BCUT2D eigenvalue weighted by Gasteiger charge is -2.70. The lowest BCUT2D eigenvalue weighted by molar-refractivity contribution is -0.0456. The molecule has 110 heavy (non-hydrogen) atoms. The van der Waals surface area contributed by atoms with Gasteiger partial charge in [-0.2, -0.15) is 0 Å². The fraction of sp³-hybridized carbons (Fsp3) is 0.475. The van der Waals surface area contributed by atoms with Crippen molar-refractivity contribution in [2.45, 2.75) is 230 Å². The molecule has 0 N–H and O–H groups in total. The number of piperidine rings is 7. The summed E-state index contributed by atoms with van der Waals surface area (Å²) in [5.41, 5.74) is 16.4. The van der Waals surface area contributed by atoms with Crippen LogP contribution in [0.4, 0.5) is 29.0 Å². The summed E-state index contributed by atoms with van der Waals surface area (Å²) in [6.45, 7) is 29.3. The van der Waals surface area contributed by atoms with E-state index in [9.17, 15) is 0 Å². The number of aromatic nitrogens is 5. The smallest absolute Gasteiger partial charge is 0.111 e. The van der Waals surface area contributed by atoms with Gasteiger partial charge in [-0.1, -0.05) is 147 Å². The van der Waals surface area contributed by atoms with Gasteiger partial charge in [0.25, 0.3) is 0 Å². The van der Waals surface area contributed by atoms with Crippen LogP contribution in [0.1, 0.15) is 200 Å². The van der Waals surface area contributed by atoms with Gasteiger partial charge in [0.05, 0.1) is 11.6 Å². The third-order valence-electron chi connectivity index (χ3n) is 32.7. The largest absolute Gasteiger partial charge is 0.351 e. The van der Waals surface area contributed by atoms with Crippen LogP contribution in [-0.4, -0.2) is 87.8 Å². The first-order valence-corrected chi connectivity index (χ1v) is 42.5. The maximum absolute atomic E-state index is 2.82. The molecule has 14 unspecified atom stereocenters. The van der Waals surface area contributed by atoms with Crippen molar-refractivity contribution in [1.82, 2.24) is 27.7 Å². The fourth-order valence-electron chi connectivity index (χ4n) is 26.1. The maximum atomic E-state index is 2.82. The van der Waals surface area contributed by atoms with Crippen LogP contribution in [0.2, 0.25) is 0 Å². The SMILES string of the molecule is CC1C(c2cc3ccccc3n2C)C2CCN1C2(C)C.CC1C2CCC(c3ccccc32)N1c1cc2ccccc2n1C.CC1CC2(C)CCC1(C)C(C)N2c1cc2ccccc2n1C.CC1N(c2cc3ccccc3n2C)C23CCC1(CC2)CC3.CC1N2CCC(C)(c3ccccc32)N1c1cc2ccccc2n1C. The molecule has 7 aromatic carbocycles. The van der Waals surface area contributed by atoms with Crippen LogP contribution >= 0.6 is 0 Å². The molecule has 4 saturated carbocycles. The molecule has 11 nitrogen and oxygen atoms in total. The molecule has 5 aliphatic carbocycles. The van der Waals surface area contributed by atoms with Gasteiger partial charge in [0.1, 0.15) is 29.4 Å². The molecule has 5 aromatic heterocycles. The van der Waals surface area contributed by atoms with E-state index in [2.05, 4.69) is 364 Å². The molecular weight excluding hydrogens is 1340 g/mol. The Kier molecular flexibility index (Phi) is 16.8. The molecule has 12 aliphatic heterocycles. The van der Waals surface area contributed by atoms with E-state index in [1.165, 1.54) is 178 Å². The van der Waals surface area contributed by atoms with Gasteiger partial charge in [0, 0.05) is 160 Å². The Bertz CT molecular complexity index is 5490. The van der Waals surface area contributed by atoms with Crippen molar-refractivity contribution < 1.29 is 0 Å². The van der Waals surface area contributed by atoms with Gasteiger partial charge in [0.2, 0.25) is 0 Å². The van der Waals surface area contributed by atoms with Crippen LogP contribution in [0.25, 0.3) is 54.5 Å². The zero-order valence-electron chi connectivity index (χ0n) is 68.9. The number of aryl methyl sites for hydroxylation is 5. The van der Waals surface area contributed by atoms with Crippen LogP contribution < -0.4 is 24.5 Å². The first-order chi connectivity index (χ1) is 52.9. The van der Waals surface area contributed by atoms with Crippen molar-refractivity contribution in [2.75, 3.05) is 37.6 Å². The highest BCUT2D eigenvalue weighted by molar-refractivity contribution is 5.89. The summed E-state index contributed by atoms with van der Waals surface area (Å²) < 4.78 is 12.0. The summed E-state index contributed by atoms with van der Waals surface area (Å²) in [7, 11) is 11.1. The van der Waals surface area contributed by atoms with Crippen molar-refractivity contribution in [2.24, 2.45) is 57.9 Å². The highest BCUT2D eigenvalue weighted by Gasteiger charge is 2.63. The molecule has 13 fully saturated rings. The van der Waals surface area contributed by atoms with E-state index in [0.29, 0.717) is 75.7 Å². The maximum Gasteiger partial charge on any atom is 0.111 e. The van der Waals surface area contributed by atoms with Crippen molar-refractivity contribution in [1.29, 1.82) is 0 Å². The standard InChI is InChI=1S/C21H23N3.C21H22N2.C20H28N2.C19H24N2.C18H24N2/c1-15-23-13-12-21(2,17-9-5-7-11-19(17)23)24(15)20-14-16-8-4-6-10-18(16)22(20)3;1-14-16-11-12-20(18-9-5-4-8-17(16)18)23(14)21-13-15-7-3-6-10-19(15)22(21)2;1-14-13-19(3)10-11-20(14,4)15(2)22(19)18-12-16-8-6-7-9-17(16)21(18)5;1-14-18-7-10-19(11-8-18,12-9-18)21(14)17-13-15-5-3-4-6-16(15)20(17)2;1-12-17(14-9-10-20(12)18(14,2)3)16-11-13-7-5-6-8-15(13)19(16)4/h4-11,14-15H,12-13H2,1-3H3;3-10,13-14,16,20H,11-12H2,1-2H3;6-9,12,14-15H,10-11,13H2,1-5H3;3-6,13-14H,7-12H2,1-2H3;5-8,11-12,14,17H,9-10H2,1-4H3. The zero-order valence-corrected chi connectivity index (χ0v) is 68.9. The number of hydrogen-bond donors (Lipinski definition) is 0. The van der Waals surface area contributed by atoms with E-state index in [0.717, 1.165) is 24.8 Å². The molecule has 12 aromatic rings. The van der Waals surface area contributed by atoms with Crippen LogP contribution in [0, 0.1) is 22.7 Å². The quantitative estimate of drug-likeness (QED) is 0.171. The molecule has 0 spiro atoms. The Hall–Kier alpha value is -8.80. The van der Waals surface area contributed by atoms with E-state index in [-0.39, 0.29) is 5.54 Å². The Balaban J connectivity index is 0.0000000932. The van der Waals surface area contributed by atoms with Crippen LogP contribution in [-0.2, 0) is 40.8 Å².